The average molecular weight is 251 g/mol. The van der Waals surface area contributed by atoms with Crippen molar-refractivity contribution in [2.75, 3.05) is 18.1 Å². The van der Waals surface area contributed by atoms with Crippen molar-refractivity contribution in [2.24, 2.45) is 17.8 Å². The van der Waals surface area contributed by atoms with Gasteiger partial charge in [-0.05, 0) is 36.1 Å². The van der Waals surface area contributed by atoms with Crippen molar-refractivity contribution in [3.8, 4) is 0 Å². The summed E-state index contributed by atoms with van der Waals surface area (Å²) in [6, 6.07) is 8.54. The number of para-hydroxylation sites is 1. The molecule has 0 heterocycles. The van der Waals surface area contributed by atoms with Gasteiger partial charge in [-0.15, -0.1) is 11.8 Å². The van der Waals surface area contributed by atoms with Gasteiger partial charge in [-0.25, -0.2) is 0 Å². The Kier molecular flexibility index (Phi) is 5.90. The lowest BCUT2D eigenvalue weighted by atomic mass is 9.85. The Morgan fingerprint density at radius 3 is 2.18 bits per heavy atom. The molecule has 1 aromatic carbocycles. The van der Waals surface area contributed by atoms with Crippen molar-refractivity contribution >= 4 is 17.4 Å². The van der Waals surface area contributed by atoms with Crippen LogP contribution in [0, 0.1) is 17.8 Å². The van der Waals surface area contributed by atoms with Gasteiger partial charge in [0.05, 0.1) is 0 Å². The summed E-state index contributed by atoms with van der Waals surface area (Å²) >= 11 is 1.80. The Hall–Kier alpha value is -0.630. The second-order valence-electron chi connectivity index (χ2n) is 5.23. The molecule has 0 aliphatic carbocycles. The number of thioether (sulfide) groups is 1. The molecule has 0 fully saturated rings. The first-order valence-corrected chi connectivity index (χ1v) is 7.65. The fraction of sp³-hybridized carbons (Fsp3) is 0.600. The van der Waals surface area contributed by atoms with Gasteiger partial charge in [0.1, 0.15) is 0 Å². The highest BCUT2D eigenvalue weighted by atomic mass is 32.2. The van der Waals surface area contributed by atoms with E-state index in [0.29, 0.717) is 0 Å². The van der Waals surface area contributed by atoms with Crippen molar-refractivity contribution < 1.29 is 0 Å². The van der Waals surface area contributed by atoms with E-state index in [9.17, 15) is 0 Å². The van der Waals surface area contributed by atoms with Gasteiger partial charge in [0, 0.05) is 17.1 Å². The van der Waals surface area contributed by atoms with Crippen LogP contribution in [0.25, 0.3) is 0 Å². The van der Waals surface area contributed by atoms with Crippen molar-refractivity contribution in [3.63, 3.8) is 0 Å². The smallest absolute Gasteiger partial charge is 0.0478 e. The molecule has 0 amide bonds. The van der Waals surface area contributed by atoms with Crippen molar-refractivity contribution in [2.45, 2.75) is 32.6 Å². The topological polar surface area (TPSA) is 12.0 Å². The van der Waals surface area contributed by atoms with Crippen LogP contribution >= 0.6 is 11.8 Å². The first kappa shape index (κ1) is 14.4. The first-order chi connectivity index (χ1) is 8.06. The Morgan fingerprint density at radius 2 is 1.65 bits per heavy atom. The zero-order chi connectivity index (χ0) is 12.8. The van der Waals surface area contributed by atoms with E-state index < -0.39 is 0 Å². The van der Waals surface area contributed by atoms with Gasteiger partial charge in [-0.1, -0.05) is 39.8 Å². The predicted octanol–water partition coefficient (Wildman–Crippen LogP) is 4.75. The highest BCUT2D eigenvalue weighted by Gasteiger charge is 2.17. The molecule has 2 heteroatoms. The third-order valence-corrected chi connectivity index (χ3v) is 4.14. The molecule has 0 aliphatic heterocycles. The Morgan fingerprint density at radius 1 is 1.06 bits per heavy atom. The van der Waals surface area contributed by atoms with E-state index in [1.165, 1.54) is 10.6 Å². The second-order valence-corrected chi connectivity index (χ2v) is 6.08. The molecule has 0 spiro atoms. The minimum absolute atomic E-state index is 0.726. The lowest BCUT2D eigenvalue weighted by molar-refractivity contribution is 0.304. The van der Waals surface area contributed by atoms with E-state index in [1.807, 2.05) is 0 Å². The Labute approximate surface area is 110 Å². The fourth-order valence-electron chi connectivity index (χ4n) is 2.26. The van der Waals surface area contributed by atoms with Gasteiger partial charge in [-0.3, -0.25) is 0 Å². The quantitative estimate of drug-likeness (QED) is 0.732. The van der Waals surface area contributed by atoms with E-state index in [2.05, 4.69) is 63.5 Å². The number of rotatable bonds is 6. The molecule has 0 aromatic heterocycles. The molecule has 0 saturated carbocycles. The van der Waals surface area contributed by atoms with Crippen LogP contribution in [0.2, 0.25) is 0 Å². The van der Waals surface area contributed by atoms with Crippen LogP contribution in [0.5, 0.6) is 0 Å². The molecule has 1 rings (SSSR count). The van der Waals surface area contributed by atoms with Gasteiger partial charge in [-0.2, -0.15) is 0 Å². The second kappa shape index (κ2) is 6.95. The van der Waals surface area contributed by atoms with E-state index in [1.54, 1.807) is 11.8 Å². The van der Waals surface area contributed by atoms with Gasteiger partial charge < -0.3 is 5.32 Å². The molecule has 1 N–H and O–H groups in total. The van der Waals surface area contributed by atoms with Gasteiger partial charge in [0.15, 0.2) is 0 Å². The maximum Gasteiger partial charge on any atom is 0.0478 e. The maximum atomic E-state index is 3.61. The summed E-state index contributed by atoms with van der Waals surface area (Å²) in [5, 5.41) is 3.61. The highest BCUT2D eigenvalue weighted by molar-refractivity contribution is 7.98. The molecule has 0 unspecified atom stereocenters. The summed E-state index contributed by atoms with van der Waals surface area (Å²) in [5.74, 6) is 2.18. The predicted molar refractivity (Wildman–Crippen MR) is 79.9 cm³/mol. The number of nitrogens with one attached hydrogen (secondary N) is 1. The minimum atomic E-state index is 0.726. The summed E-state index contributed by atoms with van der Waals surface area (Å²) in [6.07, 6.45) is 2.13. The molecular weight excluding hydrogens is 226 g/mol. The summed E-state index contributed by atoms with van der Waals surface area (Å²) in [6.45, 7) is 10.3. The van der Waals surface area contributed by atoms with Crippen molar-refractivity contribution in [1.82, 2.24) is 0 Å². The molecular formula is C15H25NS. The molecule has 17 heavy (non-hydrogen) atoms. The number of hydrogen-bond acceptors (Lipinski definition) is 2. The summed E-state index contributed by atoms with van der Waals surface area (Å²) < 4.78 is 0. The van der Waals surface area contributed by atoms with Crippen LogP contribution in [0.3, 0.4) is 0 Å². The monoisotopic (exact) mass is 251 g/mol. The molecule has 0 aliphatic rings. The fourth-order valence-corrected chi connectivity index (χ4v) is 2.83. The van der Waals surface area contributed by atoms with Gasteiger partial charge >= 0.3 is 0 Å². The Balaban J connectivity index is 2.65. The number of hydrogen-bond donors (Lipinski definition) is 1. The molecule has 0 radical (unpaired) electrons. The molecule has 0 bridgehead atoms. The number of anilines is 1. The summed E-state index contributed by atoms with van der Waals surface area (Å²) in [7, 11) is 0. The largest absolute Gasteiger partial charge is 0.384 e. The molecule has 1 aromatic rings. The normalized spacial score (nSPS) is 11.5. The average Bonchev–Trinajstić information content (AvgIpc) is 2.29. The van der Waals surface area contributed by atoms with Gasteiger partial charge in [0.2, 0.25) is 0 Å². The van der Waals surface area contributed by atoms with Crippen LogP contribution in [0.15, 0.2) is 29.2 Å². The Bertz CT molecular complexity index is 325. The van der Waals surface area contributed by atoms with Crippen LogP contribution in [0.4, 0.5) is 5.69 Å². The van der Waals surface area contributed by atoms with Crippen LogP contribution in [-0.2, 0) is 0 Å². The SMILES string of the molecule is CSc1ccccc1NCC(C(C)C)C(C)C. The third-order valence-electron chi connectivity index (χ3n) is 3.35. The van der Waals surface area contributed by atoms with Crippen LogP contribution < -0.4 is 5.32 Å². The zero-order valence-corrected chi connectivity index (χ0v) is 12.5. The summed E-state index contributed by atoms with van der Waals surface area (Å²) in [5.41, 5.74) is 1.27. The maximum absolute atomic E-state index is 3.61. The van der Waals surface area contributed by atoms with Crippen molar-refractivity contribution in [1.29, 1.82) is 0 Å². The lowest BCUT2D eigenvalue weighted by Gasteiger charge is -2.26. The third kappa shape index (κ3) is 4.27. The first-order valence-electron chi connectivity index (χ1n) is 6.43. The molecule has 1 nitrogen and oxygen atoms in total. The van der Waals surface area contributed by atoms with Crippen LogP contribution in [-0.4, -0.2) is 12.8 Å². The zero-order valence-electron chi connectivity index (χ0n) is 11.7. The standard InChI is InChI=1S/C15H25NS/c1-11(2)13(12(3)4)10-16-14-8-6-7-9-15(14)17-5/h6-9,11-13,16H,10H2,1-5H3. The molecule has 96 valence electrons. The van der Waals surface area contributed by atoms with E-state index in [-0.39, 0.29) is 0 Å². The van der Waals surface area contributed by atoms with E-state index in [0.717, 1.165) is 24.3 Å². The highest BCUT2D eigenvalue weighted by Crippen LogP contribution is 2.26. The van der Waals surface area contributed by atoms with E-state index in [4.69, 9.17) is 0 Å². The number of benzene rings is 1. The molecule has 0 saturated heterocycles. The summed E-state index contributed by atoms with van der Waals surface area (Å²) in [4.78, 5) is 1.33. The minimum Gasteiger partial charge on any atom is -0.384 e. The van der Waals surface area contributed by atoms with Crippen LogP contribution in [0.1, 0.15) is 27.7 Å². The molecule has 0 atom stereocenters. The van der Waals surface area contributed by atoms with Gasteiger partial charge in [0.25, 0.3) is 0 Å². The van der Waals surface area contributed by atoms with Crippen molar-refractivity contribution in [3.05, 3.63) is 24.3 Å². The van der Waals surface area contributed by atoms with E-state index >= 15 is 0 Å². The lowest BCUT2D eigenvalue weighted by Crippen LogP contribution is -2.24.